The summed E-state index contributed by atoms with van der Waals surface area (Å²) in [5, 5.41) is 9.99. The molecule has 0 saturated heterocycles. The molecule has 0 unspecified atom stereocenters. The van der Waals surface area contributed by atoms with Gasteiger partial charge in [-0.15, -0.1) is 11.3 Å². The molecule has 0 saturated carbocycles. The van der Waals surface area contributed by atoms with Gasteiger partial charge in [0.1, 0.15) is 5.58 Å². The Bertz CT molecular complexity index is 2970. The van der Waals surface area contributed by atoms with E-state index in [1.54, 1.807) is 0 Å². The topological polar surface area (TPSA) is 13.1 Å². The summed E-state index contributed by atoms with van der Waals surface area (Å²) in [7, 11) is 0. The van der Waals surface area contributed by atoms with Gasteiger partial charge in [-0.3, -0.25) is 0 Å². The maximum absolute atomic E-state index is 6.45. The average Bonchev–Trinajstić information content (AvgIpc) is 3.78. The standard InChI is InChI=1S/C47H30OS/c1-47(2)39-17-9-7-11-29(39)30-21-19-28(26-40(30)47)44-34-15-5-3-13-32(34)43(33-14-4-6-16-35(33)44)27-20-24-42-38(25-27)37-23-22-36-31-12-8-10-18-41(31)48-45(36)46(37)49-42/h3-26H,1-2H3. The van der Waals surface area contributed by atoms with Gasteiger partial charge in [-0.1, -0.05) is 129 Å². The van der Waals surface area contributed by atoms with E-state index in [9.17, 15) is 0 Å². The fourth-order valence-corrected chi connectivity index (χ4v) is 9.95. The molecule has 1 aliphatic carbocycles. The quantitative estimate of drug-likeness (QED) is 0.171. The lowest BCUT2D eigenvalue weighted by molar-refractivity contribution is 0.660. The molecule has 49 heavy (non-hydrogen) atoms. The molecular weight excluding hydrogens is 613 g/mol. The molecule has 1 nitrogen and oxygen atoms in total. The van der Waals surface area contributed by atoms with E-state index < -0.39 is 0 Å². The van der Waals surface area contributed by atoms with Crippen molar-refractivity contribution in [3.05, 3.63) is 157 Å². The molecule has 0 amide bonds. The van der Waals surface area contributed by atoms with Crippen molar-refractivity contribution in [1.82, 2.24) is 0 Å². The van der Waals surface area contributed by atoms with Crippen LogP contribution in [0.3, 0.4) is 0 Å². The second-order valence-electron chi connectivity index (χ2n) is 14.0. The van der Waals surface area contributed by atoms with Gasteiger partial charge in [0.2, 0.25) is 0 Å². The van der Waals surface area contributed by atoms with Gasteiger partial charge >= 0.3 is 0 Å². The molecule has 0 spiro atoms. The molecule has 0 aliphatic heterocycles. The summed E-state index contributed by atoms with van der Waals surface area (Å²) in [6.07, 6.45) is 0. The van der Waals surface area contributed by atoms with Crippen molar-refractivity contribution in [3.8, 4) is 33.4 Å². The van der Waals surface area contributed by atoms with E-state index in [-0.39, 0.29) is 5.41 Å². The zero-order chi connectivity index (χ0) is 32.4. The third kappa shape index (κ3) is 3.64. The fourth-order valence-electron chi connectivity index (χ4n) is 8.78. The summed E-state index contributed by atoms with van der Waals surface area (Å²) in [4.78, 5) is 0. The predicted molar refractivity (Wildman–Crippen MR) is 210 cm³/mol. The number of furan rings is 1. The molecule has 0 bridgehead atoms. The lowest BCUT2D eigenvalue weighted by Crippen LogP contribution is -2.14. The van der Waals surface area contributed by atoms with E-state index in [2.05, 4.69) is 153 Å². The average molecular weight is 643 g/mol. The highest BCUT2D eigenvalue weighted by atomic mass is 32.1. The molecule has 2 heterocycles. The Balaban J connectivity index is 1.16. The third-order valence-corrected chi connectivity index (χ3v) is 12.3. The van der Waals surface area contributed by atoms with Crippen molar-refractivity contribution in [2.24, 2.45) is 0 Å². The highest BCUT2D eigenvalue weighted by molar-refractivity contribution is 7.26. The smallest absolute Gasteiger partial charge is 0.153 e. The monoisotopic (exact) mass is 642 g/mol. The maximum Gasteiger partial charge on any atom is 0.153 e. The molecule has 0 N–H and O–H groups in total. The van der Waals surface area contributed by atoms with Crippen LogP contribution in [0.2, 0.25) is 0 Å². The molecule has 0 fully saturated rings. The van der Waals surface area contributed by atoms with Gasteiger partial charge in [-0.2, -0.15) is 0 Å². The zero-order valence-electron chi connectivity index (χ0n) is 27.2. The molecular formula is C47H30OS. The van der Waals surface area contributed by atoms with Gasteiger partial charge in [0.15, 0.2) is 5.58 Å². The first-order valence-corrected chi connectivity index (χ1v) is 17.8. The summed E-state index contributed by atoms with van der Waals surface area (Å²) in [6, 6.07) is 53.9. The SMILES string of the molecule is CC1(C)c2ccccc2-c2ccc(-c3c4ccccc4c(-c4ccc5sc6c(ccc7c8ccccc8oc76)c5c4)c4ccccc34)cc21. The van der Waals surface area contributed by atoms with Gasteiger partial charge in [-0.25, -0.2) is 0 Å². The zero-order valence-corrected chi connectivity index (χ0v) is 28.0. The molecule has 1 aliphatic rings. The number of hydrogen-bond donors (Lipinski definition) is 0. The lowest BCUT2D eigenvalue weighted by atomic mass is 9.80. The Morgan fingerprint density at radius 2 is 1.02 bits per heavy atom. The van der Waals surface area contributed by atoms with E-state index in [1.165, 1.54) is 97.0 Å². The van der Waals surface area contributed by atoms with E-state index >= 15 is 0 Å². The third-order valence-electron chi connectivity index (χ3n) is 11.1. The second-order valence-corrected chi connectivity index (χ2v) is 15.1. The van der Waals surface area contributed by atoms with Crippen LogP contribution < -0.4 is 0 Å². The largest absolute Gasteiger partial charge is 0.455 e. The number of benzene rings is 8. The van der Waals surface area contributed by atoms with E-state index in [0.29, 0.717) is 0 Å². The van der Waals surface area contributed by atoms with Gasteiger partial charge in [-0.05, 0) is 96.4 Å². The van der Waals surface area contributed by atoms with Crippen molar-refractivity contribution in [3.63, 3.8) is 0 Å². The lowest BCUT2D eigenvalue weighted by Gasteiger charge is -2.23. The van der Waals surface area contributed by atoms with Crippen molar-refractivity contribution in [1.29, 1.82) is 0 Å². The van der Waals surface area contributed by atoms with Crippen LogP contribution in [0.4, 0.5) is 0 Å². The molecule has 11 rings (SSSR count). The highest BCUT2D eigenvalue weighted by Crippen LogP contribution is 2.51. The van der Waals surface area contributed by atoms with Crippen LogP contribution in [0.25, 0.3) is 97.0 Å². The summed E-state index contributed by atoms with van der Waals surface area (Å²) in [5.41, 5.74) is 12.5. The van der Waals surface area contributed by atoms with Gasteiger partial charge in [0.05, 0.1) is 4.70 Å². The summed E-state index contributed by atoms with van der Waals surface area (Å²) >= 11 is 1.83. The molecule has 2 aromatic heterocycles. The predicted octanol–water partition coefficient (Wildman–Crippen LogP) is 13.9. The second kappa shape index (κ2) is 9.69. The van der Waals surface area contributed by atoms with Crippen LogP contribution in [0.15, 0.2) is 150 Å². The van der Waals surface area contributed by atoms with Gasteiger partial charge in [0, 0.05) is 31.7 Å². The van der Waals surface area contributed by atoms with Crippen LogP contribution in [0.1, 0.15) is 25.0 Å². The molecule has 8 aromatic carbocycles. The minimum atomic E-state index is -0.0554. The molecule has 0 atom stereocenters. The van der Waals surface area contributed by atoms with Gasteiger partial charge < -0.3 is 4.42 Å². The van der Waals surface area contributed by atoms with Crippen LogP contribution in [0.5, 0.6) is 0 Å². The van der Waals surface area contributed by atoms with Crippen molar-refractivity contribution in [2.45, 2.75) is 19.3 Å². The first-order valence-electron chi connectivity index (χ1n) is 17.0. The first kappa shape index (κ1) is 27.3. The van der Waals surface area contributed by atoms with Gasteiger partial charge in [0.25, 0.3) is 0 Å². The van der Waals surface area contributed by atoms with E-state index in [4.69, 9.17) is 4.42 Å². The summed E-state index contributed by atoms with van der Waals surface area (Å²) in [6.45, 7) is 4.73. The number of hydrogen-bond acceptors (Lipinski definition) is 2. The Morgan fingerprint density at radius 3 is 1.76 bits per heavy atom. The van der Waals surface area contributed by atoms with Crippen LogP contribution in [-0.4, -0.2) is 0 Å². The maximum atomic E-state index is 6.45. The van der Waals surface area contributed by atoms with E-state index in [0.717, 1.165) is 11.2 Å². The minimum Gasteiger partial charge on any atom is -0.455 e. The number of thiophene rings is 1. The minimum absolute atomic E-state index is 0.0554. The summed E-state index contributed by atoms with van der Waals surface area (Å²) in [5.74, 6) is 0. The Hall–Kier alpha value is -5.70. The number of fused-ring (bicyclic) bond motifs is 12. The first-order chi connectivity index (χ1) is 24.1. The Labute approximate surface area is 287 Å². The normalized spacial score (nSPS) is 13.7. The van der Waals surface area contributed by atoms with Crippen molar-refractivity contribution >= 4 is 75.0 Å². The highest BCUT2D eigenvalue weighted by Gasteiger charge is 2.35. The number of para-hydroxylation sites is 1. The van der Waals surface area contributed by atoms with Crippen molar-refractivity contribution < 1.29 is 4.42 Å². The summed E-state index contributed by atoms with van der Waals surface area (Å²) < 4.78 is 8.94. The van der Waals surface area contributed by atoms with Crippen molar-refractivity contribution in [2.75, 3.05) is 0 Å². The molecule has 2 heteroatoms. The Morgan fingerprint density at radius 1 is 0.449 bits per heavy atom. The number of rotatable bonds is 2. The molecule has 0 radical (unpaired) electrons. The Kier molecular flexibility index (Phi) is 5.39. The van der Waals surface area contributed by atoms with Crippen LogP contribution in [-0.2, 0) is 5.41 Å². The molecule has 230 valence electrons. The van der Waals surface area contributed by atoms with E-state index in [1.807, 2.05) is 17.4 Å². The van der Waals surface area contributed by atoms with Crippen LogP contribution >= 0.6 is 11.3 Å². The fraction of sp³-hybridized carbons (Fsp3) is 0.0638. The molecule has 10 aromatic rings. The van der Waals surface area contributed by atoms with Crippen LogP contribution in [0, 0.1) is 0 Å².